The van der Waals surface area contributed by atoms with Crippen molar-refractivity contribution in [3.63, 3.8) is 0 Å². The summed E-state index contributed by atoms with van der Waals surface area (Å²) in [5, 5.41) is 20.4. The van der Waals surface area contributed by atoms with Crippen molar-refractivity contribution in [2.24, 2.45) is 0 Å². The van der Waals surface area contributed by atoms with E-state index in [1.54, 1.807) is 37.3 Å². The number of rotatable bonds is 7. The van der Waals surface area contributed by atoms with Gasteiger partial charge in [0.1, 0.15) is 23.3 Å². The maximum atomic E-state index is 13.1. The molecule has 1 atom stereocenters. The van der Waals surface area contributed by atoms with Crippen LogP contribution < -0.4 is 4.74 Å². The van der Waals surface area contributed by atoms with Gasteiger partial charge in [-0.05, 0) is 55.0 Å². The van der Waals surface area contributed by atoms with E-state index >= 15 is 0 Å². The van der Waals surface area contributed by atoms with Gasteiger partial charge in [0.15, 0.2) is 0 Å². The molecule has 174 valence electrons. The van der Waals surface area contributed by atoms with Gasteiger partial charge < -0.3 is 24.3 Å². The fraction of sp³-hybridized carbons (Fsp3) is 0.160. The van der Waals surface area contributed by atoms with Crippen LogP contribution >= 0.6 is 11.6 Å². The molecule has 2 aromatic carbocycles. The Morgan fingerprint density at radius 3 is 2.47 bits per heavy atom. The summed E-state index contributed by atoms with van der Waals surface area (Å²) in [6.07, 6.45) is 1.40. The third-order valence-corrected chi connectivity index (χ3v) is 5.74. The molecule has 1 saturated heterocycles. The second kappa shape index (κ2) is 9.44. The predicted octanol–water partition coefficient (Wildman–Crippen LogP) is 4.65. The maximum Gasteiger partial charge on any atom is 0.335 e. The first-order valence-electron chi connectivity index (χ1n) is 10.4. The summed E-state index contributed by atoms with van der Waals surface area (Å²) in [6, 6.07) is 12.8. The smallest absolute Gasteiger partial charge is 0.335 e. The molecule has 3 aromatic rings. The topological polar surface area (TPSA) is 117 Å². The van der Waals surface area contributed by atoms with E-state index in [4.69, 9.17) is 25.9 Å². The zero-order chi connectivity index (χ0) is 24.4. The van der Waals surface area contributed by atoms with E-state index in [0.29, 0.717) is 17.9 Å². The molecule has 1 amide bonds. The lowest BCUT2D eigenvalue weighted by Gasteiger charge is -2.23. The van der Waals surface area contributed by atoms with Crippen LogP contribution in [-0.4, -0.2) is 39.4 Å². The number of nitrogens with zero attached hydrogens (tertiary/aromatic N) is 1. The van der Waals surface area contributed by atoms with Crippen LogP contribution in [0.15, 0.2) is 70.9 Å². The molecule has 1 unspecified atom stereocenters. The van der Waals surface area contributed by atoms with Crippen molar-refractivity contribution in [2.75, 3.05) is 6.61 Å². The zero-order valence-corrected chi connectivity index (χ0v) is 18.8. The molecule has 0 aliphatic carbocycles. The average Bonchev–Trinajstić information content (AvgIpc) is 3.43. The molecule has 9 heteroatoms. The standard InChI is InChI=1S/C25H20ClNO7/c1-2-33-16-9-10-18(26)17(12-16)22(28)20-21(19-4-3-11-34-19)27(24(30)23(20)29)13-14-5-7-15(8-6-14)25(31)32/h3-12,21,28H,2,13H2,1H3,(H,31,32)/b22-20-. The number of likely N-dealkylation sites (tertiary alicyclic amines) is 1. The van der Waals surface area contributed by atoms with E-state index in [1.807, 2.05) is 0 Å². The molecule has 1 fully saturated rings. The van der Waals surface area contributed by atoms with Crippen LogP contribution in [0.5, 0.6) is 5.75 Å². The summed E-state index contributed by atoms with van der Waals surface area (Å²) in [4.78, 5) is 38.5. The number of ether oxygens (including phenoxy) is 1. The number of benzene rings is 2. The van der Waals surface area contributed by atoms with Crippen molar-refractivity contribution in [1.29, 1.82) is 0 Å². The highest BCUT2D eigenvalue weighted by Crippen LogP contribution is 2.42. The van der Waals surface area contributed by atoms with Crippen molar-refractivity contribution in [1.82, 2.24) is 4.90 Å². The second-order valence-electron chi connectivity index (χ2n) is 7.52. The van der Waals surface area contributed by atoms with Gasteiger partial charge in [0.05, 0.1) is 29.0 Å². The van der Waals surface area contributed by atoms with Crippen molar-refractivity contribution >= 4 is 35.0 Å². The molecule has 1 aliphatic rings. The van der Waals surface area contributed by atoms with Crippen molar-refractivity contribution in [3.8, 4) is 5.75 Å². The molecule has 0 bridgehead atoms. The number of ketones is 1. The summed E-state index contributed by atoms with van der Waals surface area (Å²) >= 11 is 6.30. The number of halogens is 1. The van der Waals surface area contributed by atoms with E-state index < -0.39 is 29.5 Å². The van der Waals surface area contributed by atoms with Gasteiger partial charge in [-0.2, -0.15) is 0 Å². The number of aliphatic hydroxyl groups excluding tert-OH is 1. The van der Waals surface area contributed by atoms with Crippen LogP contribution in [-0.2, 0) is 16.1 Å². The summed E-state index contributed by atoms with van der Waals surface area (Å²) in [7, 11) is 0. The Morgan fingerprint density at radius 1 is 1.12 bits per heavy atom. The second-order valence-corrected chi connectivity index (χ2v) is 7.93. The molecule has 0 radical (unpaired) electrons. The Morgan fingerprint density at radius 2 is 1.85 bits per heavy atom. The summed E-state index contributed by atoms with van der Waals surface area (Å²) in [6.45, 7) is 2.18. The number of furan rings is 1. The number of carbonyl (C=O) groups excluding carboxylic acids is 2. The molecule has 0 spiro atoms. The number of carbonyl (C=O) groups is 3. The van der Waals surface area contributed by atoms with E-state index in [-0.39, 0.29) is 34.0 Å². The van der Waals surface area contributed by atoms with Gasteiger partial charge in [0.25, 0.3) is 11.7 Å². The number of amides is 1. The Labute approximate surface area is 199 Å². The maximum absolute atomic E-state index is 13.1. The quantitative estimate of drug-likeness (QED) is 0.286. The number of hydrogen-bond acceptors (Lipinski definition) is 6. The highest BCUT2D eigenvalue weighted by molar-refractivity contribution is 6.46. The number of hydrogen-bond donors (Lipinski definition) is 2. The van der Waals surface area contributed by atoms with Crippen LogP contribution in [0.4, 0.5) is 0 Å². The molecule has 4 rings (SSSR count). The first-order valence-corrected chi connectivity index (χ1v) is 10.8. The Hall–Kier alpha value is -4.04. The first-order chi connectivity index (χ1) is 16.3. The number of carboxylic acids is 1. The van der Waals surface area contributed by atoms with Crippen LogP contribution in [0.25, 0.3) is 5.76 Å². The van der Waals surface area contributed by atoms with Gasteiger partial charge in [0.2, 0.25) is 0 Å². The molecule has 0 saturated carbocycles. The van der Waals surface area contributed by atoms with Gasteiger partial charge in [-0.3, -0.25) is 9.59 Å². The van der Waals surface area contributed by atoms with Crippen molar-refractivity contribution in [3.05, 3.63) is 93.9 Å². The van der Waals surface area contributed by atoms with Crippen molar-refractivity contribution < 1.29 is 33.8 Å². The molecule has 2 heterocycles. The predicted molar refractivity (Wildman–Crippen MR) is 123 cm³/mol. The SMILES string of the molecule is CCOc1ccc(Cl)c(/C(O)=C2/C(=O)C(=O)N(Cc3ccc(C(=O)O)cc3)C2c2ccco2)c1. The van der Waals surface area contributed by atoms with Gasteiger partial charge >= 0.3 is 5.97 Å². The lowest BCUT2D eigenvalue weighted by molar-refractivity contribution is -0.140. The molecule has 34 heavy (non-hydrogen) atoms. The summed E-state index contributed by atoms with van der Waals surface area (Å²) in [5.74, 6) is -2.53. The fourth-order valence-electron chi connectivity index (χ4n) is 3.82. The molecular formula is C25H20ClNO7. The summed E-state index contributed by atoms with van der Waals surface area (Å²) < 4.78 is 11.0. The minimum Gasteiger partial charge on any atom is -0.507 e. The third kappa shape index (κ3) is 4.27. The number of aliphatic hydroxyl groups is 1. The monoisotopic (exact) mass is 481 g/mol. The summed E-state index contributed by atoms with van der Waals surface area (Å²) in [5.41, 5.74) is 0.669. The lowest BCUT2D eigenvalue weighted by Crippen LogP contribution is -2.29. The molecule has 8 nitrogen and oxygen atoms in total. The minimum atomic E-state index is -1.08. The molecule has 2 N–H and O–H groups in total. The number of Topliss-reactive ketones (excluding diaryl/α,β-unsaturated/α-hetero) is 1. The van der Waals surface area contributed by atoms with Crippen LogP contribution in [0, 0.1) is 0 Å². The van der Waals surface area contributed by atoms with Gasteiger partial charge in [-0.15, -0.1) is 0 Å². The first kappa shape index (κ1) is 23.1. The van der Waals surface area contributed by atoms with Gasteiger partial charge in [-0.1, -0.05) is 23.7 Å². The molecule has 1 aromatic heterocycles. The number of carboxylic acid groups (broad SMARTS) is 1. The normalized spacial score (nSPS) is 17.2. The van der Waals surface area contributed by atoms with Gasteiger partial charge in [0, 0.05) is 12.1 Å². The molecule has 1 aliphatic heterocycles. The lowest BCUT2D eigenvalue weighted by atomic mass is 9.99. The van der Waals surface area contributed by atoms with E-state index in [2.05, 4.69) is 0 Å². The number of aromatic carboxylic acids is 1. The van der Waals surface area contributed by atoms with Crippen LogP contribution in [0.1, 0.15) is 40.2 Å². The van der Waals surface area contributed by atoms with E-state index in [1.165, 1.54) is 35.4 Å². The minimum absolute atomic E-state index is 0.0145. The highest BCUT2D eigenvalue weighted by atomic mass is 35.5. The zero-order valence-electron chi connectivity index (χ0n) is 18.0. The Bertz CT molecular complexity index is 1280. The Balaban J connectivity index is 1.80. The fourth-order valence-corrected chi connectivity index (χ4v) is 4.03. The van der Waals surface area contributed by atoms with E-state index in [9.17, 15) is 19.5 Å². The van der Waals surface area contributed by atoms with Gasteiger partial charge in [-0.25, -0.2) is 4.79 Å². The Kier molecular flexibility index (Phi) is 6.43. The van der Waals surface area contributed by atoms with Crippen LogP contribution in [0.2, 0.25) is 5.02 Å². The third-order valence-electron chi connectivity index (χ3n) is 5.41. The largest absolute Gasteiger partial charge is 0.507 e. The highest BCUT2D eigenvalue weighted by Gasteiger charge is 2.47. The van der Waals surface area contributed by atoms with Crippen LogP contribution in [0.3, 0.4) is 0 Å². The average molecular weight is 482 g/mol. The van der Waals surface area contributed by atoms with Crippen molar-refractivity contribution in [2.45, 2.75) is 19.5 Å². The van der Waals surface area contributed by atoms with E-state index in [0.717, 1.165) is 0 Å². The molecular weight excluding hydrogens is 462 g/mol.